The summed E-state index contributed by atoms with van der Waals surface area (Å²) >= 11 is 5.89. The molecule has 0 radical (unpaired) electrons. The van der Waals surface area contributed by atoms with Gasteiger partial charge in [0, 0.05) is 51.4 Å². The van der Waals surface area contributed by atoms with Crippen LogP contribution in [-0.2, 0) is 25.3 Å². The smallest absolute Gasteiger partial charge is 0.332 e. The molecule has 1 fully saturated rings. The van der Waals surface area contributed by atoms with E-state index in [1.165, 1.54) is 17.7 Å². The lowest BCUT2D eigenvalue weighted by Gasteiger charge is -2.25. The molecule has 1 aromatic carbocycles. The summed E-state index contributed by atoms with van der Waals surface area (Å²) in [4.78, 5) is 40.6. The van der Waals surface area contributed by atoms with Gasteiger partial charge in [0.1, 0.15) is 5.82 Å². The Morgan fingerprint density at radius 1 is 1.00 bits per heavy atom. The molecule has 0 atom stereocenters. The van der Waals surface area contributed by atoms with Gasteiger partial charge in [-0.1, -0.05) is 23.7 Å². The molecule has 0 spiro atoms. The molecule has 1 saturated heterocycles. The van der Waals surface area contributed by atoms with E-state index in [-0.39, 0.29) is 17.2 Å². The van der Waals surface area contributed by atoms with Crippen LogP contribution in [0.3, 0.4) is 0 Å². The van der Waals surface area contributed by atoms with Gasteiger partial charge in [-0.25, -0.2) is 4.79 Å². The van der Waals surface area contributed by atoms with E-state index in [1.54, 1.807) is 19.2 Å². The molecule has 0 bridgehead atoms. The topological polar surface area (TPSA) is 67.5 Å². The lowest BCUT2D eigenvalue weighted by molar-refractivity contribution is -0.130. The Hall–Kier alpha value is -2.54. The first-order valence-electron chi connectivity index (χ1n) is 8.91. The number of rotatable bonds is 3. The Labute approximate surface area is 162 Å². The fourth-order valence-corrected chi connectivity index (χ4v) is 3.44. The van der Waals surface area contributed by atoms with Crippen LogP contribution in [0.5, 0.6) is 0 Å². The second kappa shape index (κ2) is 8.00. The molecule has 2 aromatic rings. The van der Waals surface area contributed by atoms with E-state index in [4.69, 9.17) is 11.6 Å². The molecular formula is C19H23ClN4O3. The number of hydrogen-bond donors (Lipinski definition) is 0. The zero-order valence-corrected chi connectivity index (χ0v) is 16.3. The Morgan fingerprint density at radius 3 is 2.41 bits per heavy atom. The number of nitrogens with zero attached hydrogens (tertiary/aromatic N) is 4. The maximum atomic E-state index is 12.6. The second-order valence-corrected chi connectivity index (χ2v) is 7.20. The summed E-state index contributed by atoms with van der Waals surface area (Å²) < 4.78 is 2.57. The van der Waals surface area contributed by atoms with Crippen molar-refractivity contribution < 1.29 is 4.79 Å². The number of benzene rings is 1. The van der Waals surface area contributed by atoms with Crippen molar-refractivity contribution in [2.75, 3.05) is 31.1 Å². The van der Waals surface area contributed by atoms with E-state index in [2.05, 4.69) is 0 Å². The van der Waals surface area contributed by atoms with Gasteiger partial charge < -0.3 is 9.80 Å². The van der Waals surface area contributed by atoms with Crippen molar-refractivity contribution in [3.63, 3.8) is 0 Å². The van der Waals surface area contributed by atoms with Gasteiger partial charge in [0.25, 0.3) is 5.56 Å². The Balaban J connectivity index is 1.70. The van der Waals surface area contributed by atoms with Gasteiger partial charge in [-0.3, -0.25) is 18.7 Å². The van der Waals surface area contributed by atoms with Crippen LogP contribution in [0.1, 0.15) is 12.0 Å². The number of amides is 1. The van der Waals surface area contributed by atoms with Gasteiger partial charge in [0.05, 0.1) is 6.42 Å². The second-order valence-electron chi connectivity index (χ2n) is 6.77. The number of carbonyl (C=O) groups excluding carboxylic acids is 1. The quantitative estimate of drug-likeness (QED) is 0.784. The number of halogens is 1. The van der Waals surface area contributed by atoms with Crippen molar-refractivity contribution >= 4 is 23.3 Å². The average Bonchev–Trinajstić information content (AvgIpc) is 2.91. The SMILES string of the molecule is Cn1c(N2CCCN(C(=O)Cc3ccc(Cl)cc3)CC2)cc(=O)n(C)c1=O. The molecule has 7 nitrogen and oxygen atoms in total. The third-order valence-corrected chi connectivity index (χ3v) is 5.19. The predicted octanol–water partition coefficient (Wildman–Crippen LogP) is 1.02. The molecule has 0 unspecified atom stereocenters. The molecule has 144 valence electrons. The van der Waals surface area contributed by atoms with E-state index in [0.717, 1.165) is 16.6 Å². The zero-order chi connectivity index (χ0) is 19.6. The molecule has 1 aromatic heterocycles. The highest BCUT2D eigenvalue weighted by Gasteiger charge is 2.21. The van der Waals surface area contributed by atoms with Gasteiger partial charge in [-0.2, -0.15) is 0 Å². The third kappa shape index (κ3) is 4.24. The first-order chi connectivity index (χ1) is 12.9. The Morgan fingerprint density at radius 2 is 1.70 bits per heavy atom. The normalized spacial score (nSPS) is 14.9. The molecule has 1 aliphatic rings. The van der Waals surface area contributed by atoms with Crippen LogP contribution in [0, 0.1) is 0 Å². The van der Waals surface area contributed by atoms with Crippen LogP contribution in [0.25, 0.3) is 0 Å². The molecule has 0 aliphatic carbocycles. The molecule has 8 heteroatoms. The van der Waals surface area contributed by atoms with Crippen LogP contribution in [0.2, 0.25) is 5.02 Å². The van der Waals surface area contributed by atoms with E-state index in [1.807, 2.05) is 21.9 Å². The maximum Gasteiger partial charge on any atom is 0.332 e. The van der Waals surface area contributed by atoms with Gasteiger partial charge >= 0.3 is 5.69 Å². The van der Waals surface area contributed by atoms with Gasteiger partial charge in [0.2, 0.25) is 5.91 Å². The monoisotopic (exact) mass is 390 g/mol. The van der Waals surface area contributed by atoms with Crippen molar-refractivity contribution in [1.29, 1.82) is 0 Å². The zero-order valence-electron chi connectivity index (χ0n) is 15.5. The van der Waals surface area contributed by atoms with Crippen LogP contribution >= 0.6 is 11.6 Å². The van der Waals surface area contributed by atoms with Gasteiger partial charge in [-0.05, 0) is 24.1 Å². The molecule has 1 aliphatic heterocycles. The van der Waals surface area contributed by atoms with Gasteiger partial charge in [-0.15, -0.1) is 0 Å². The highest BCUT2D eigenvalue weighted by atomic mass is 35.5. The Bertz CT molecular complexity index is 949. The lowest BCUT2D eigenvalue weighted by Crippen LogP contribution is -2.41. The van der Waals surface area contributed by atoms with Crippen molar-refractivity contribution in [3.8, 4) is 0 Å². The average molecular weight is 391 g/mol. The number of hydrogen-bond acceptors (Lipinski definition) is 4. The number of anilines is 1. The van der Waals surface area contributed by atoms with E-state index in [9.17, 15) is 14.4 Å². The van der Waals surface area contributed by atoms with Crippen molar-refractivity contribution in [3.05, 3.63) is 61.8 Å². The first-order valence-corrected chi connectivity index (χ1v) is 9.29. The van der Waals surface area contributed by atoms with Crippen molar-refractivity contribution in [2.24, 2.45) is 14.1 Å². The molecular weight excluding hydrogens is 368 g/mol. The summed E-state index contributed by atoms with van der Waals surface area (Å²) in [5.74, 6) is 0.659. The minimum absolute atomic E-state index is 0.0667. The van der Waals surface area contributed by atoms with Crippen molar-refractivity contribution in [2.45, 2.75) is 12.8 Å². The predicted molar refractivity (Wildman–Crippen MR) is 105 cm³/mol. The number of aromatic nitrogens is 2. The largest absolute Gasteiger partial charge is 0.356 e. The maximum absolute atomic E-state index is 12.6. The van der Waals surface area contributed by atoms with Crippen LogP contribution in [-0.4, -0.2) is 46.1 Å². The Kier molecular flexibility index (Phi) is 5.70. The molecule has 0 N–H and O–H groups in total. The molecule has 2 heterocycles. The lowest BCUT2D eigenvalue weighted by atomic mass is 10.1. The summed E-state index contributed by atoms with van der Waals surface area (Å²) in [6.45, 7) is 2.47. The summed E-state index contributed by atoms with van der Waals surface area (Å²) in [6, 6.07) is 8.77. The fraction of sp³-hybridized carbons (Fsp3) is 0.421. The minimum Gasteiger partial charge on any atom is -0.356 e. The molecule has 0 saturated carbocycles. The first kappa shape index (κ1) is 19.2. The van der Waals surface area contributed by atoms with Crippen molar-refractivity contribution in [1.82, 2.24) is 14.0 Å². The van der Waals surface area contributed by atoms with Crippen LogP contribution < -0.4 is 16.1 Å². The van der Waals surface area contributed by atoms with E-state index < -0.39 is 0 Å². The van der Waals surface area contributed by atoms with Crippen LogP contribution in [0.15, 0.2) is 39.9 Å². The van der Waals surface area contributed by atoms with Crippen LogP contribution in [0.4, 0.5) is 5.82 Å². The molecule has 1 amide bonds. The highest BCUT2D eigenvalue weighted by Crippen LogP contribution is 2.15. The molecule has 27 heavy (non-hydrogen) atoms. The fourth-order valence-electron chi connectivity index (χ4n) is 3.31. The summed E-state index contributed by atoms with van der Waals surface area (Å²) in [7, 11) is 3.12. The van der Waals surface area contributed by atoms with Gasteiger partial charge in [0.15, 0.2) is 0 Å². The highest BCUT2D eigenvalue weighted by molar-refractivity contribution is 6.30. The minimum atomic E-state index is -0.350. The summed E-state index contributed by atoms with van der Waals surface area (Å²) in [5, 5.41) is 0.649. The third-order valence-electron chi connectivity index (χ3n) is 4.94. The summed E-state index contributed by atoms with van der Waals surface area (Å²) in [5.41, 5.74) is 0.255. The number of carbonyl (C=O) groups is 1. The summed E-state index contributed by atoms with van der Waals surface area (Å²) in [6.07, 6.45) is 1.11. The standard InChI is InChI=1S/C19H23ClN4O3/c1-21-16(13-17(25)22(2)19(21)27)23-8-3-9-24(11-10-23)18(26)12-14-4-6-15(20)7-5-14/h4-7,13H,3,8-12H2,1-2H3. The molecule has 3 rings (SSSR count). The van der Waals surface area contributed by atoms with E-state index in [0.29, 0.717) is 43.4 Å². The van der Waals surface area contributed by atoms with E-state index >= 15 is 0 Å².